The Balaban J connectivity index is 1.37. The van der Waals surface area contributed by atoms with Crippen LogP contribution in [0.1, 0.15) is 16.3 Å². The molecule has 0 aliphatic rings. The van der Waals surface area contributed by atoms with Gasteiger partial charge in [-0.25, -0.2) is 24.9 Å². The maximum atomic E-state index is 12.4. The molecule has 0 aliphatic heterocycles. The average Bonchev–Trinajstić information content (AvgIpc) is 3.19. The number of aromatic amines is 1. The van der Waals surface area contributed by atoms with Gasteiger partial charge in [-0.05, 0) is 24.5 Å². The Kier molecular flexibility index (Phi) is 5.47. The first-order valence-electron chi connectivity index (χ1n) is 8.65. The van der Waals surface area contributed by atoms with Crippen molar-refractivity contribution in [3.8, 4) is 0 Å². The van der Waals surface area contributed by atoms with Gasteiger partial charge in [0.1, 0.15) is 17.3 Å². The first-order valence-corrected chi connectivity index (χ1v) is 9.87. The lowest BCUT2D eigenvalue weighted by Gasteiger charge is -2.09. The van der Waals surface area contributed by atoms with E-state index in [0.717, 1.165) is 11.0 Å². The van der Waals surface area contributed by atoms with E-state index in [4.69, 9.17) is 0 Å². The van der Waals surface area contributed by atoms with Gasteiger partial charge in [-0.1, -0.05) is 23.9 Å². The highest BCUT2D eigenvalue weighted by Crippen LogP contribution is 2.12. The van der Waals surface area contributed by atoms with Crippen LogP contribution in [0.25, 0.3) is 11.0 Å². The molecule has 29 heavy (non-hydrogen) atoms. The van der Waals surface area contributed by atoms with Gasteiger partial charge in [0.15, 0.2) is 5.16 Å². The standard InChI is InChI=1S/C18H17N9OS/c1-29-18-20-9-7-14(25-18)26-27-17-19-8-6-13(24-17)16(28)21-10-15-22-11-4-2-3-5-12(11)23-15/h2-9H,10H2,1H3,(H,21,28)(H,22,23)(H,19,24,27)(H,20,25,26). The van der Waals surface area contributed by atoms with Crippen LogP contribution in [0.4, 0.5) is 11.8 Å². The summed E-state index contributed by atoms with van der Waals surface area (Å²) >= 11 is 1.43. The van der Waals surface area contributed by atoms with Crippen molar-refractivity contribution in [1.82, 2.24) is 35.2 Å². The fourth-order valence-electron chi connectivity index (χ4n) is 2.52. The summed E-state index contributed by atoms with van der Waals surface area (Å²) < 4.78 is 0. The first kappa shape index (κ1) is 18.6. The minimum atomic E-state index is -0.331. The van der Waals surface area contributed by atoms with E-state index in [1.54, 1.807) is 12.3 Å². The molecule has 3 aromatic heterocycles. The van der Waals surface area contributed by atoms with E-state index >= 15 is 0 Å². The number of hydrogen-bond acceptors (Lipinski definition) is 9. The minimum absolute atomic E-state index is 0.230. The lowest BCUT2D eigenvalue weighted by Crippen LogP contribution is -2.25. The summed E-state index contributed by atoms with van der Waals surface area (Å²) in [6, 6.07) is 10.9. The number of benzene rings is 1. The zero-order valence-corrected chi connectivity index (χ0v) is 16.2. The molecule has 4 N–H and O–H groups in total. The third-order valence-electron chi connectivity index (χ3n) is 3.86. The molecule has 1 aromatic carbocycles. The van der Waals surface area contributed by atoms with Gasteiger partial charge >= 0.3 is 0 Å². The number of amides is 1. The lowest BCUT2D eigenvalue weighted by atomic mass is 10.3. The Morgan fingerprint density at radius 1 is 1.03 bits per heavy atom. The Morgan fingerprint density at radius 3 is 2.76 bits per heavy atom. The van der Waals surface area contributed by atoms with Crippen LogP contribution in [0, 0.1) is 0 Å². The van der Waals surface area contributed by atoms with Crippen molar-refractivity contribution in [2.24, 2.45) is 0 Å². The first-order chi connectivity index (χ1) is 14.2. The largest absolute Gasteiger partial charge is 0.343 e. The van der Waals surface area contributed by atoms with Crippen molar-refractivity contribution in [1.29, 1.82) is 0 Å². The Morgan fingerprint density at radius 2 is 1.90 bits per heavy atom. The number of aromatic nitrogens is 6. The highest BCUT2D eigenvalue weighted by atomic mass is 32.2. The summed E-state index contributed by atoms with van der Waals surface area (Å²) in [4.78, 5) is 36.7. The van der Waals surface area contributed by atoms with Crippen LogP contribution in [0.15, 0.2) is 53.9 Å². The summed E-state index contributed by atoms with van der Waals surface area (Å²) in [6.45, 7) is 0.261. The third kappa shape index (κ3) is 4.58. The van der Waals surface area contributed by atoms with Crippen LogP contribution in [0.5, 0.6) is 0 Å². The number of fused-ring (bicyclic) bond motifs is 1. The normalized spacial score (nSPS) is 10.7. The van der Waals surface area contributed by atoms with E-state index in [2.05, 4.69) is 46.1 Å². The molecule has 3 heterocycles. The SMILES string of the molecule is CSc1nccc(NNc2nccc(C(=O)NCc3nc4ccccc4[nH]3)n2)n1. The molecule has 0 atom stereocenters. The predicted octanol–water partition coefficient (Wildman–Crippen LogP) is 2.23. The number of nitrogens with zero attached hydrogens (tertiary/aromatic N) is 5. The molecule has 0 aliphatic carbocycles. The molecule has 146 valence electrons. The zero-order chi connectivity index (χ0) is 20.1. The number of para-hydroxylation sites is 2. The zero-order valence-electron chi connectivity index (χ0n) is 15.4. The summed E-state index contributed by atoms with van der Waals surface area (Å²) in [6.07, 6.45) is 5.04. The number of H-pyrrole nitrogens is 1. The van der Waals surface area contributed by atoms with E-state index in [0.29, 0.717) is 16.8 Å². The van der Waals surface area contributed by atoms with Crippen LogP contribution in [-0.4, -0.2) is 42.1 Å². The quantitative estimate of drug-likeness (QED) is 0.207. The molecular weight excluding hydrogens is 390 g/mol. The van der Waals surface area contributed by atoms with Crippen LogP contribution >= 0.6 is 11.8 Å². The van der Waals surface area contributed by atoms with E-state index in [9.17, 15) is 4.79 Å². The molecule has 0 bridgehead atoms. The van der Waals surface area contributed by atoms with Crippen LogP contribution in [0.2, 0.25) is 0 Å². The van der Waals surface area contributed by atoms with E-state index in [1.807, 2.05) is 30.5 Å². The fourth-order valence-corrected chi connectivity index (χ4v) is 2.87. The number of rotatable bonds is 7. The number of hydrazine groups is 1. The van der Waals surface area contributed by atoms with E-state index in [1.165, 1.54) is 24.0 Å². The number of thioether (sulfide) groups is 1. The van der Waals surface area contributed by atoms with Crippen LogP contribution in [-0.2, 0) is 6.54 Å². The van der Waals surface area contributed by atoms with E-state index < -0.39 is 0 Å². The number of carbonyl (C=O) groups excluding carboxylic acids is 1. The van der Waals surface area contributed by atoms with Crippen molar-refractivity contribution in [3.05, 3.63) is 60.3 Å². The number of nitrogens with one attached hydrogen (secondary N) is 4. The average molecular weight is 407 g/mol. The summed E-state index contributed by atoms with van der Waals surface area (Å²) in [5, 5.41) is 3.43. The van der Waals surface area contributed by atoms with Crippen molar-refractivity contribution >= 4 is 40.5 Å². The highest BCUT2D eigenvalue weighted by Gasteiger charge is 2.10. The van der Waals surface area contributed by atoms with Crippen molar-refractivity contribution in [3.63, 3.8) is 0 Å². The maximum Gasteiger partial charge on any atom is 0.270 e. The van der Waals surface area contributed by atoms with Crippen molar-refractivity contribution in [2.45, 2.75) is 11.7 Å². The molecule has 11 heteroatoms. The summed E-state index contributed by atoms with van der Waals surface area (Å²) in [5.74, 6) is 1.14. The number of carbonyl (C=O) groups is 1. The molecule has 4 rings (SSSR count). The molecule has 0 radical (unpaired) electrons. The molecular formula is C18H17N9OS. The van der Waals surface area contributed by atoms with E-state index in [-0.39, 0.29) is 24.1 Å². The minimum Gasteiger partial charge on any atom is -0.343 e. The second-order valence-electron chi connectivity index (χ2n) is 5.83. The van der Waals surface area contributed by atoms with Gasteiger partial charge in [0.05, 0.1) is 17.6 Å². The topological polar surface area (TPSA) is 133 Å². The van der Waals surface area contributed by atoms with Gasteiger partial charge in [0.25, 0.3) is 5.91 Å². The Bertz CT molecular complexity index is 1110. The Labute approximate surface area is 170 Å². The third-order valence-corrected chi connectivity index (χ3v) is 4.42. The number of anilines is 2. The molecule has 0 unspecified atom stereocenters. The molecule has 0 saturated heterocycles. The van der Waals surface area contributed by atoms with Gasteiger partial charge in [0.2, 0.25) is 5.95 Å². The van der Waals surface area contributed by atoms with Gasteiger partial charge in [0, 0.05) is 18.5 Å². The molecule has 10 nitrogen and oxygen atoms in total. The predicted molar refractivity (Wildman–Crippen MR) is 110 cm³/mol. The molecule has 0 spiro atoms. The fraction of sp³-hybridized carbons (Fsp3) is 0.111. The van der Waals surface area contributed by atoms with Crippen LogP contribution < -0.4 is 16.2 Å². The van der Waals surface area contributed by atoms with Gasteiger partial charge < -0.3 is 10.3 Å². The summed E-state index contributed by atoms with van der Waals surface area (Å²) in [7, 11) is 0. The molecule has 4 aromatic rings. The molecule has 0 fully saturated rings. The molecule has 1 amide bonds. The van der Waals surface area contributed by atoms with Crippen molar-refractivity contribution < 1.29 is 4.79 Å². The Hall–Kier alpha value is -3.73. The van der Waals surface area contributed by atoms with Gasteiger partial charge in [-0.2, -0.15) is 0 Å². The monoisotopic (exact) mass is 407 g/mol. The second kappa shape index (κ2) is 8.52. The smallest absolute Gasteiger partial charge is 0.270 e. The maximum absolute atomic E-state index is 12.4. The summed E-state index contributed by atoms with van der Waals surface area (Å²) in [5.41, 5.74) is 7.72. The van der Waals surface area contributed by atoms with Gasteiger partial charge in [-0.15, -0.1) is 0 Å². The lowest BCUT2D eigenvalue weighted by molar-refractivity contribution is 0.0945. The molecule has 0 saturated carbocycles. The van der Waals surface area contributed by atoms with Crippen molar-refractivity contribution in [2.75, 3.05) is 17.1 Å². The number of hydrogen-bond donors (Lipinski definition) is 4. The second-order valence-corrected chi connectivity index (χ2v) is 6.60. The van der Waals surface area contributed by atoms with Crippen LogP contribution in [0.3, 0.4) is 0 Å². The number of imidazole rings is 1. The highest BCUT2D eigenvalue weighted by molar-refractivity contribution is 7.98. The van der Waals surface area contributed by atoms with Gasteiger partial charge in [-0.3, -0.25) is 15.6 Å².